The zero-order valence-electron chi connectivity index (χ0n) is 15.6. The van der Waals surface area contributed by atoms with E-state index >= 15 is 0 Å². The first-order valence-corrected chi connectivity index (χ1v) is 9.41. The van der Waals surface area contributed by atoms with Crippen LogP contribution in [0, 0.1) is 0 Å². The lowest BCUT2D eigenvalue weighted by Crippen LogP contribution is -2.33. The molecule has 6 nitrogen and oxygen atoms in total. The maximum absolute atomic E-state index is 11.6. The summed E-state index contributed by atoms with van der Waals surface area (Å²) in [5, 5.41) is 1.09. The van der Waals surface area contributed by atoms with Crippen molar-refractivity contribution in [3.63, 3.8) is 0 Å². The van der Waals surface area contributed by atoms with Gasteiger partial charge in [-0.05, 0) is 30.3 Å². The lowest BCUT2D eigenvalue weighted by atomic mass is 10.1. The van der Waals surface area contributed by atoms with E-state index < -0.39 is 0 Å². The summed E-state index contributed by atoms with van der Waals surface area (Å²) in [6.45, 7) is 1.50. The van der Waals surface area contributed by atoms with Crippen LogP contribution in [0.2, 0.25) is 0 Å². The van der Waals surface area contributed by atoms with Crippen LogP contribution in [0.4, 0.5) is 5.69 Å². The summed E-state index contributed by atoms with van der Waals surface area (Å²) >= 11 is 0. The number of ketones is 1. The Bertz CT molecular complexity index is 1190. The van der Waals surface area contributed by atoms with E-state index in [1.54, 1.807) is 13.4 Å². The van der Waals surface area contributed by atoms with Gasteiger partial charge in [0.05, 0.1) is 29.3 Å². The third kappa shape index (κ3) is 2.78. The SMILES string of the molecule is COc1ccc2c(c1)ncn2-c1ccc2cccc(N3CCC(=O)CC3)c2n1. The van der Waals surface area contributed by atoms with Crippen LogP contribution >= 0.6 is 0 Å². The van der Waals surface area contributed by atoms with Crippen molar-refractivity contribution in [1.82, 2.24) is 14.5 Å². The van der Waals surface area contributed by atoms with Gasteiger partial charge in [-0.2, -0.15) is 0 Å². The molecular formula is C22H20N4O2. The number of imidazole rings is 1. The van der Waals surface area contributed by atoms with Gasteiger partial charge in [0.2, 0.25) is 0 Å². The fraction of sp³-hybridized carbons (Fsp3) is 0.227. The van der Waals surface area contributed by atoms with Crippen LogP contribution in [0.15, 0.2) is 54.9 Å². The number of rotatable bonds is 3. The average molecular weight is 372 g/mol. The van der Waals surface area contributed by atoms with Gasteiger partial charge >= 0.3 is 0 Å². The Kier molecular flexibility index (Phi) is 3.97. The van der Waals surface area contributed by atoms with Crippen molar-refractivity contribution in [1.29, 1.82) is 0 Å². The largest absolute Gasteiger partial charge is 0.497 e. The maximum atomic E-state index is 11.6. The lowest BCUT2D eigenvalue weighted by molar-refractivity contribution is -0.119. The molecule has 1 aliphatic rings. The molecular weight excluding hydrogens is 352 g/mol. The predicted molar refractivity (Wildman–Crippen MR) is 109 cm³/mol. The Hall–Kier alpha value is -3.41. The molecule has 3 heterocycles. The number of aromatic nitrogens is 3. The zero-order chi connectivity index (χ0) is 19.1. The minimum absolute atomic E-state index is 0.338. The van der Waals surface area contributed by atoms with Crippen LogP contribution in [-0.4, -0.2) is 40.5 Å². The number of piperidine rings is 1. The Balaban J connectivity index is 1.61. The number of nitrogens with zero attached hydrogens (tertiary/aromatic N) is 4. The molecule has 28 heavy (non-hydrogen) atoms. The highest BCUT2D eigenvalue weighted by atomic mass is 16.5. The number of para-hydroxylation sites is 1. The third-order valence-electron chi connectivity index (χ3n) is 5.35. The van der Waals surface area contributed by atoms with E-state index in [0.29, 0.717) is 18.6 Å². The second-order valence-electron chi connectivity index (χ2n) is 7.01. The first-order chi connectivity index (χ1) is 13.7. The summed E-state index contributed by atoms with van der Waals surface area (Å²) in [5.74, 6) is 1.94. The van der Waals surface area contributed by atoms with Gasteiger partial charge in [0.15, 0.2) is 0 Å². The van der Waals surface area contributed by atoms with Crippen molar-refractivity contribution in [2.75, 3.05) is 25.1 Å². The summed E-state index contributed by atoms with van der Waals surface area (Å²) < 4.78 is 7.28. The van der Waals surface area contributed by atoms with Crippen LogP contribution in [0.1, 0.15) is 12.8 Å². The molecule has 0 saturated carbocycles. The minimum atomic E-state index is 0.338. The van der Waals surface area contributed by atoms with Crippen molar-refractivity contribution < 1.29 is 9.53 Å². The number of methoxy groups -OCH3 is 1. The van der Waals surface area contributed by atoms with Gasteiger partial charge < -0.3 is 9.64 Å². The fourth-order valence-corrected chi connectivity index (χ4v) is 3.81. The molecule has 1 saturated heterocycles. The highest BCUT2D eigenvalue weighted by Crippen LogP contribution is 2.29. The summed E-state index contributed by atoms with van der Waals surface area (Å²) in [5.41, 5.74) is 3.88. The third-order valence-corrected chi connectivity index (χ3v) is 5.35. The van der Waals surface area contributed by atoms with Crippen molar-refractivity contribution in [3.05, 3.63) is 54.9 Å². The van der Waals surface area contributed by atoms with Gasteiger partial charge in [-0.1, -0.05) is 12.1 Å². The summed E-state index contributed by atoms with van der Waals surface area (Å²) in [7, 11) is 1.65. The Morgan fingerprint density at radius 1 is 1.04 bits per heavy atom. The molecule has 0 amide bonds. The number of hydrogen-bond donors (Lipinski definition) is 0. The summed E-state index contributed by atoms with van der Waals surface area (Å²) in [4.78, 5) is 23.4. The van der Waals surface area contributed by atoms with Gasteiger partial charge in [-0.25, -0.2) is 9.97 Å². The number of Topliss-reactive ketones (excluding diaryl/α,β-unsaturated/α-hetero) is 1. The van der Waals surface area contributed by atoms with Crippen LogP contribution in [0.25, 0.3) is 27.8 Å². The molecule has 0 radical (unpaired) electrons. The quantitative estimate of drug-likeness (QED) is 0.548. The smallest absolute Gasteiger partial charge is 0.139 e. The van der Waals surface area contributed by atoms with Crippen LogP contribution in [-0.2, 0) is 4.79 Å². The van der Waals surface area contributed by atoms with E-state index in [9.17, 15) is 4.79 Å². The van der Waals surface area contributed by atoms with Gasteiger partial charge in [0.25, 0.3) is 0 Å². The maximum Gasteiger partial charge on any atom is 0.139 e. The topological polar surface area (TPSA) is 60.2 Å². The molecule has 140 valence electrons. The number of carbonyl (C=O) groups excluding carboxylic acids is 1. The molecule has 2 aromatic carbocycles. The van der Waals surface area contributed by atoms with E-state index in [4.69, 9.17) is 9.72 Å². The average Bonchev–Trinajstić information content (AvgIpc) is 3.16. The Morgan fingerprint density at radius 2 is 1.89 bits per heavy atom. The minimum Gasteiger partial charge on any atom is -0.497 e. The van der Waals surface area contributed by atoms with Gasteiger partial charge in [-0.15, -0.1) is 0 Å². The standard InChI is InChI=1S/C22H20N4O2/c1-28-17-6-7-19-18(13-17)23-14-26(19)21-8-5-15-3-2-4-20(22(15)24-21)25-11-9-16(27)10-12-25/h2-8,13-14H,9-12H2,1H3. The number of ether oxygens (including phenoxy) is 1. The van der Waals surface area contributed by atoms with Gasteiger partial charge in [0, 0.05) is 37.4 Å². The number of anilines is 1. The molecule has 0 N–H and O–H groups in total. The molecule has 1 fully saturated rings. The molecule has 2 aromatic heterocycles. The first-order valence-electron chi connectivity index (χ1n) is 9.41. The molecule has 0 atom stereocenters. The Labute approximate surface area is 162 Å². The van der Waals surface area contributed by atoms with Crippen LogP contribution < -0.4 is 9.64 Å². The van der Waals surface area contributed by atoms with E-state index in [1.807, 2.05) is 34.9 Å². The van der Waals surface area contributed by atoms with Crippen molar-refractivity contribution in [2.24, 2.45) is 0 Å². The lowest BCUT2D eigenvalue weighted by Gasteiger charge is -2.28. The predicted octanol–water partition coefficient (Wildman–Crippen LogP) is 3.75. The van der Waals surface area contributed by atoms with Crippen molar-refractivity contribution in [3.8, 4) is 11.6 Å². The van der Waals surface area contributed by atoms with Crippen molar-refractivity contribution in [2.45, 2.75) is 12.8 Å². The monoisotopic (exact) mass is 372 g/mol. The van der Waals surface area contributed by atoms with E-state index in [0.717, 1.165) is 52.3 Å². The number of carbonyl (C=O) groups is 1. The van der Waals surface area contributed by atoms with Crippen LogP contribution in [0.3, 0.4) is 0 Å². The van der Waals surface area contributed by atoms with Crippen LogP contribution in [0.5, 0.6) is 5.75 Å². The van der Waals surface area contributed by atoms with Gasteiger partial charge in [0.1, 0.15) is 23.7 Å². The summed E-state index contributed by atoms with van der Waals surface area (Å²) in [6, 6.07) is 16.2. The second kappa shape index (κ2) is 6.64. The first kappa shape index (κ1) is 16.7. The second-order valence-corrected chi connectivity index (χ2v) is 7.01. The van der Waals surface area contributed by atoms with E-state index in [2.05, 4.69) is 28.1 Å². The Morgan fingerprint density at radius 3 is 2.71 bits per heavy atom. The highest BCUT2D eigenvalue weighted by Gasteiger charge is 2.19. The molecule has 0 bridgehead atoms. The van der Waals surface area contributed by atoms with Gasteiger partial charge in [-0.3, -0.25) is 9.36 Å². The molecule has 5 rings (SSSR count). The molecule has 0 unspecified atom stereocenters. The molecule has 0 spiro atoms. The summed E-state index contributed by atoms with van der Waals surface area (Å²) in [6.07, 6.45) is 2.99. The zero-order valence-corrected chi connectivity index (χ0v) is 15.6. The normalized spacial score (nSPS) is 14.8. The van der Waals surface area contributed by atoms with E-state index in [-0.39, 0.29) is 0 Å². The number of hydrogen-bond acceptors (Lipinski definition) is 5. The molecule has 0 aliphatic carbocycles. The van der Waals surface area contributed by atoms with E-state index in [1.165, 1.54) is 0 Å². The number of fused-ring (bicyclic) bond motifs is 2. The highest BCUT2D eigenvalue weighted by molar-refractivity contribution is 5.93. The fourth-order valence-electron chi connectivity index (χ4n) is 3.81. The van der Waals surface area contributed by atoms with Crippen molar-refractivity contribution >= 4 is 33.4 Å². The molecule has 1 aliphatic heterocycles. The number of benzene rings is 2. The molecule has 4 aromatic rings. The molecule has 6 heteroatoms. The number of pyridine rings is 1.